The third-order valence-corrected chi connectivity index (χ3v) is 5.63. The van der Waals surface area contributed by atoms with Crippen LogP contribution < -0.4 is 4.90 Å². The summed E-state index contributed by atoms with van der Waals surface area (Å²) in [7, 11) is 1.91. The first-order valence-electron chi connectivity index (χ1n) is 7.80. The number of aromatic nitrogens is 3. The lowest BCUT2D eigenvalue weighted by Crippen LogP contribution is -2.25. The molecule has 7 heteroatoms. The molecule has 0 spiro atoms. The maximum Gasteiger partial charge on any atom is 0.159 e. The summed E-state index contributed by atoms with van der Waals surface area (Å²) >= 11 is 3.21. The summed E-state index contributed by atoms with van der Waals surface area (Å²) in [6, 6.07) is 11.7. The number of hydrogen-bond donors (Lipinski definition) is 1. The minimum Gasteiger partial charge on any atom is -0.387 e. The minimum absolute atomic E-state index is 0.432. The van der Waals surface area contributed by atoms with Crippen molar-refractivity contribution in [3.8, 4) is 10.6 Å². The number of aliphatic hydroxyl groups excluding tert-OH is 1. The second-order valence-electron chi connectivity index (χ2n) is 5.69. The van der Waals surface area contributed by atoms with Gasteiger partial charge in [-0.25, -0.2) is 15.0 Å². The quantitative estimate of drug-likeness (QED) is 0.577. The van der Waals surface area contributed by atoms with Crippen LogP contribution in [0.2, 0.25) is 0 Å². The van der Waals surface area contributed by atoms with Crippen molar-refractivity contribution in [3.05, 3.63) is 59.0 Å². The van der Waals surface area contributed by atoms with Gasteiger partial charge in [0.1, 0.15) is 21.7 Å². The summed E-state index contributed by atoms with van der Waals surface area (Å²) in [5.41, 5.74) is 2.76. The van der Waals surface area contributed by atoms with Crippen molar-refractivity contribution in [1.29, 1.82) is 0 Å². The predicted molar refractivity (Wildman–Crippen MR) is 103 cm³/mol. The van der Waals surface area contributed by atoms with Crippen LogP contribution in [0.25, 0.3) is 20.9 Å². The van der Waals surface area contributed by atoms with Crippen LogP contribution in [0.3, 0.4) is 0 Å². The fraction of sp³-hybridized carbons (Fsp3) is 0.167. The van der Waals surface area contributed by atoms with E-state index >= 15 is 0 Å². The summed E-state index contributed by atoms with van der Waals surface area (Å²) in [5.74, 6) is 0.734. The topological polar surface area (TPSA) is 62.1 Å². The number of benzene rings is 1. The zero-order valence-corrected chi connectivity index (χ0v) is 15.2. The average Bonchev–Trinajstić information content (AvgIpc) is 3.31. The van der Waals surface area contributed by atoms with Gasteiger partial charge in [0.25, 0.3) is 0 Å². The van der Waals surface area contributed by atoms with Crippen LogP contribution in [0.5, 0.6) is 0 Å². The van der Waals surface area contributed by atoms with Crippen molar-refractivity contribution < 1.29 is 5.11 Å². The molecule has 0 aliphatic heterocycles. The number of thiophene rings is 1. The third kappa shape index (κ3) is 3.26. The molecule has 0 bridgehead atoms. The van der Waals surface area contributed by atoms with Crippen molar-refractivity contribution in [2.75, 3.05) is 18.5 Å². The van der Waals surface area contributed by atoms with Gasteiger partial charge in [-0.2, -0.15) is 11.3 Å². The maximum absolute atomic E-state index is 10.5. The highest BCUT2D eigenvalue weighted by molar-refractivity contribution is 7.21. The molecule has 25 heavy (non-hydrogen) atoms. The van der Waals surface area contributed by atoms with E-state index in [1.807, 2.05) is 47.7 Å². The highest BCUT2D eigenvalue weighted by atomic mass is 32.1. The lowest BCUT2D eigenvalue weighted by Gasteiger charge is -2.22. The molecule has 1 aromatic carbocycles. The van der Waals surface area contributed by atoms with Crippen LogP contribution in [0.15, 0.2) is 53.5 Å². The fourth-order valence-corrected chi connectivity index (χ4v) is 4.27. The molecule has 0 radical (unpaired) electrons. The van der Waals surface area contributed by atoms with Crippen LogP contribution in [-0.4, -0.2) is 33.7 Å². The van der Waals surface area contributed by atoms with E-state index in [1.165, 1.54) is 0 Å². The normalized spacial score (nSPS) is 12.4. The molecule has 4 rings (SSSR count). The molecule has 1 N–H and O–H groups in total. The minimum atomic E-state index is -0.591. The molecule has 126 valence electrons. The Morgan fingerprint density at radius 2 is 2.00 bits per heavy atom. The van der Waals surface area contributed by atoms with Gasteiger partial charge in [0.05, 0.1) is 6.10 Å². The van der Waals surface area contributed by atoms with Crippen LogP contribution in [0.1, 0.15) is 11.7 Å². The van der Waals surface area contributed by atoms with Crippen LogP contribution >= 0.6 is 22.7 Å². The second kappa shape index (κ2) is 6.87. The Bertz CT molecular complexity index is 969. The summed E-state index contributed by atoms with van der Waals surface area (Å²) in [6.45, 7) is 0.432. The summed E-state index contributed by atoms with van der Waals surface area (Å²) in [6.07, 6.45) is 0.963. The van der Waals surface area contributed by atoms with E-state index in [1.54, 1.807) is 29.0 Å². The number of nitrogens with zero attached hydrogens (tertiary/aromatic N) is 4. The zero-order chi connectivity index (χ0) is 17.2. The molecule has 3 heterocycles. The van der Waals surface area contributed by atoms with Crippen molar-refractivity contribution in [2.24, 2.45) is 0 Å². The first kappa shape index (κ1) is 16.1. The Morgan fingerprint density at radius 1 is 1.16 bits per heavy atom. The molecule has 0 saturated heterocycles. The van der Waals surface area contributed by atoms with E-state index in [-0.39, 0.29) is 0 Å². The Labute approximate surface area is 153 Å². The molecule has 5 nitrogen and oxygen atoms in total. The van der Waals surface area contributed by atoms with Crippen molar-refractivity contribution >= 4 is 38.8 Å². The number of thiazole rings is 1. The van der Waals surface area contributed by atoms with Crippen molar-refractivity contribution in [1.82, 2.24) is 15.0 Å². The highest BCUT2D eigenvalue weighted by Crippen LogP contribution is 2.33. The van der Waals surface area contributed by atoms with Gasteiger partial charge >= 0.3 is 0 Å². The standard InChI is InChI=1S/C18H16N4OS2/c1-22(9-14(23)12-5-3-2-4-6-12)16-15-18(20-11-19-16)25-17(21-15)13-7-8-24-10-13/h2-8,10-11,14,23H,9H2,1H3. The predicted octanol–water partition coefficient (Wildman–Crippen LogP) is 3.98. The fourth-order valence-electron chi connectivity index (χ4n) is 2.66. The van der Waals surface area contributed by atoms with E-state index in [9.17, 15) is 5.11 Å². The van der Waals surface area contributed by atoms with Gasteiger partial charge in [-0.3, -0.25) is 0 Å². The number of hydrogen-bond acceptors (Lipinski definition) is 7. The first-order chi connectivity index (χ1) is 12.2. The molecular weight excluding hydrogens is 352 g/mol. The summed E-state index contributed by atoms with van der Waals surface area (Å²) in [5, 5.41) is 15.5. The molecule has 1 unspecified atom stereocenters. The van der Waals surface area contributed by atoms with Gasteiger partial charge in [-0.15, -0.1) is 0 Å². The number of fused-ring (bicyclic) bond motifs is 1. The van der Waals surface area contributed by atoms with Crippen LogP contribution in [0, 0.1) is 0 Å². The Kier molecular flexibility index (Phi) is 4.44. The van der Waals surface area contributed by atoms with E-state index < -0.39 is 6.10 Å². The SMILES string of the molecule is CN(CC(O)c1ccccc1)c1ncnc2sc(-c3ccsc3)nc12. The molecule has 0 saturated carbocycles. The molecule has 0 aliphatic rings. The first-order valence-corrected chi connectivity index (χ1v) is 9.56. The molecular formula is C18H16N4OS2. The molecule has 0 amide bonds. The largest absolute Gasteiger partial charge is 0.387 e. The van der Waals surface area contributed by atoms with Crippen molar-refractivity contribution in [2.45, 2.75) is 6.10 Å². The molecule has 4 aromatic rings. The van der Waals surface area contributed by atoms with Crippen molar-refractivity contribution in [3.63, 3.8) is 0 Å². The number of aliphatic hydroxyl groups is 1. The Morgan fingerprint density at radius 3 is 2.76 bits per heavy atom. The second-order valence-corrected chi connectivity index (χ2v) is 7.45. The van der Waals surface area contributed by atoms with Gasteiger partial charge in [0.15, 0.2) is 5.82 Å². The van der Waals surface area contributed by atoms with E-state index in [0.717, 1.165) is 32.3 Å². The Hall–Kier alpha value is -2.35. The molecule has 3 aromatic heterocycles. The molecule has 1 atom stereocenters. The van der Waals surface area contributed by atoms with E-state index in [0.29, 0.717) is 6.54 Å². The maximum atomic E-state index is 10.5. The average molecular weight is 368 g/mol. The third-order valence-electron chi connectivity index (χ3n) is 3.94. The monoisotopic (exact) mass is 368 g/mol. The number of likely N-dealkylation sites (N-methyl/N-ethyl adjacent to an activating group) is 1. The lowest BCUT2D eigenvalue weighted by molar-refractivity contribution is 0.185. The molecule has 0 aliphatic carbocycles. The number of anilines is 1. The summed E-state index contributed by atoms with van der Waals surface area (Å²) < 4.78 is 0. The number of rotatable bonds is 5. The lowest BCUT2D eigenvalue weighted by atomic mass is 10.1. The van der Waals surface area contributed by atoms with E-state index in [2.05, 4.69) is 21.4 Å². The summed E-state index contributed by atoms with van der Waals surface area (Å²) in [4.78, 5) is 16.3. The van der Waals surface area contributed by atoms with Gasteiger partial charge < -0.3 is 10.0 Å². The van der Waals surface area contributed by atoms with Gasteiger partial charge in [0.2, 0.25) is 0 Å². The van der Waals surface area contributed by atoms with Gasteiger partial charge in [-0.1, -0.05) is 41.7 Å². The van der Waals surface area contributed by atoms with Crippen LogP contribution in [-0.2, 0) is 0 Å². The zero-order valence-electron chi connectivity index (χ0n) is 13.5. The molecule has 0 fully saturated rings. The smallest absolute Gasteiger partial charge is 0.159 e. The van der Waals surface area contributed by atoms with Gasteiger partial charge in [0, 0.05) is 24.5 Å². The Balaban J connectivity index is 1.64. The van der Waals surface area contributed by atoms with E-state index in [4.69, 9.17) is 4.98 Å². The van der Waals surface area contributed by atoms with Crippen LogP contribution in [0.4, 0.5) is 5.82 Å². The van der Waals surface area contributed by atoms with Gasteiger partial charge in [-0.05, 0) is 17.0 Å². The highest BCUT2D eigenvalue weighted by Gasteiger charge is 2.17.